The minimum Gasteiger partial charge on any atom is -0.495 e. The Morgan fingerprint density at radius 3 is 2.32 bits per heavy atom. The second-order valence-electron chi connectivity index (χ2n) is 7.36. The minimum atomic E-state index is -3.95. The highest BCUT2D eigenvalue weighted by atomic mass is 32.2. The molecule has 0 fully saturated rings. The van der Waals surface area contributed by atoms with E-state index in [9.17, 15) is 13.2 Å². The van der Waals surface area contributed by atoms with E-state index in [2.05, 4.69) is 10.0 Å². The number of nitrogens with one attached hydrogen (secondary N) is 2. The minimum absolute atomic E-state index is 0.0978. The Labute approximate surface area is 183 Å². The number of hydrogen-bond acceptors (Lipinski definition) is 4. The molecule has 3 aromatic rings. The molecule has 7 heteroatoms. The van der Waals surface area contributed by atoms with Crippen molar-refractivity contribution < 1.29 is 17.9 Å². The van der Waals surface area contributed by atoms with E-state index < -0.39 is 10.0 Å². The van der Waals surface area contributed by atoms with Gasteiger partial charge in [-0.25, -0.2) is 8.42 Å². The van der Waals surface area contributed by atoms with Crippen LogP contribution in [0.15, 0.2) is 77.7 Å². The molecule has 162 valence electrons. The van der Waals surface area contributed by atoms with Crippen LogP contribution in [0.25, 0.3) is 0 Å². The summed E-state index contributed by atoms with van der Waals surface area (Å²) in [6.07, 6.45) is 0. The summed E-state index contributed by atoms with van der Waals surface area (Å²) in [5, 5.41) is 2.87. The van der Waals surface area contributed by atoms with Crippen LogP contribution in [0.1, 0.15) is 34.3 Å². The van der Waals surface area contributed by atoms with Crippen LogP contribution in [-0.4, -0.2) is 28.0 Å². The zero-order valence-electron chi connectivity index (χ0n) is 17.8. The lowest BCUT2D eigenvalue weighted by molar-refractivity contribution is 0.0951. The number of anilines is 1. The van der Waals surface area contributed by atoms with Crippen molar-refractivity contribution in [1.82, 2.24) is 5.32 Å². The summed E-state index contributed by atoms with van der Waals surface area (Å²) >= 11 is 0. The van der Waals surface area contributed by atoms with Gasteiger partial charge in [0, 0.05) is 17.8 Å². The van der Waals surface area contributed by atoms with Crippen LogP contribution in [0, 0.1) is 6.92 Å². The topological polar surface area (TPSA) is 84.5 Å². The van der Waals surface area contributed by atoms with E-state index in [1.165, 1.54) is 19.2 Å². The lowest BCUT2D eigenvalue weighted by atomic mass is 10.0. The molecule has 0 aromatic heterocycles. The molecule has 6 nitrogen and oxygen atoms in total. The fourth-order valence-corrected chi connectivity index (χ4v) is 4.36. The van der Waals surface area contributed by atoms with E-state index in [1.807, 2.05) is 56.3 Å². The Kier molecular flexibility index (Phi) is 6.97. The van der Waals surface area contributed by atoms with Gasteiger partial charge in [-0.3, -0.25) is 9.52 Å². The van der Waals surface area contributed by atoms with Gasteiger partial charge in [-0.05, 0) is 48.7 Å². The Balaban J connectivity index is 1.79. The first-order chi connectivity index (χ1) is 14.8. The molecule has 1 unspecified atom stereocenters. The van der Waals surface area contributed by atoms with Gasteiger partial charge in [-0.1, -0.05) is 55.0 Å². The number of methoxy groups -OCH3 is 1. The van der Waals surface area contributed by atoms with Crippen LogP contribution in [0.4, 0.5) is 5.69 Å². The van der Waals surface area contributed by atoms with E-state index in [0.29, 0.717) is 12.2 Å². The van der Waals surface area contributed by atoms with Gasteiger partial charge in [0.25, 0.3) is 15.9 Å². The normalized spacial score (nSPS) is 12.1. The smallest absolute Gasteiger partial charge is 0.265 e. The van der Waals surface area contributed by atoms with Crippen molar-refractivity contribution in [3.05, 3.63) is 89.5 Å². The standard InChI is InChI=1S/C24H26N2O4S/c1-17-9-12-21(13-10-17)26-31(28,29)23-15-20(11-14-22(23)30-3)24(27)25-16-18(2)19-7-5-4-6-8-19/h4-15,18,26H,16H2,1-3H3,(H,25,27). The van der Waals surface area contributed by atoms with E-state index in [-0.39, 0.29) is 28.0 Å². The maximum absolute atomic E-state index is 13.0. The summed E-state index contributed by atoms with van der Waals surface area (Å²) in [5.41, 5.74) is 2.80. The molecule has 0 saturated carbocycles. The van der Waals surface area contributed by atoms with E-state index >= 15 is 0 Å². The summed E-state index contributed by atoms with van der Waals surface area (Å²) in [6.45, 7) is 4.37. The van der Waals surface area contributed by atoms with Gasteiger partial charge in [0.2, 0.25) is 0 Å². The molecule has 2 N–H and O–H groups in total. The maximum Gasteiger partial charge on any atom is 0.265 e. The van der Waals surface area contributed by atoms with E-state index in [4.69, 9.17) is 4.74 Å². The summed E-state index contributed by atoms with van der Waals surface area (Å²) in [5.74, 6) is -0.0687. The average molecular weight is 439 g/mol. The molecule has 0 heterocycles. The predicted molar refractivity (Wildman–Crippen MR) is 122 cm³/mol. The Morgan fingerprint density at radius 2 is 1.68 bits per heavy atom. The molecule has 0 spiro atoms. The van der Waals surface area contributed by atoms with Crippen LogP contribution in [-0.2, 0) is 10.0 Å². The number of benzene rings is 3. The highest BCUT2D eigenvalue weighted by Crippen LogP contribution is 2.27. The molecule has 0 aliphatic heterocycles. The first kappa shape index (κ1) is 22.4. The maximum atomic E-state index is 13.0. The van der Waals surface area contributed by atoms with Crippen LogP contribution < -0.4 is 14.8 Å². The number of ether oxygens (including phenoxy) is 1. The number of hydrogen-bond donors (Lipinski definition) is 2. The zero-order chi connectivity index (χ0) is 22.4. The van der Waals surface area contributed by atoms with Crippen molar-refractivity contribution >= 4 is 21.6 Å². The third kappa shape index (κ3) is 5.64. The summed E-state index contributed by atoms with van der Waals surface area (Å²) in [7, 11) is -2.56. The average Bonchev–Trinajstić information content (AvgIpc) is 2.78. The van der Waals surface area contributed by atoms with Crippen molar-refractivity contribution in [2.75, 3.05) is 18.4 Å². The van der Waals surface area contributed by atoms with Crippen molar-refractivity contribution in [1.29, 1.82) is 0 Å². The van der Waals surface area contributed by atoms with Gasteiger partial charge in [-0.15, -0.1) is 0 Å². The molecule has 31 heavy (non-hydrogen) atoms. The molecule has 3 rings (SSSR count). The Morgan fingerprint density at radius 1 is 1.00 bits per heavy atom. The number of carbonyl (C=O) groups is 1. The highest BCUT2D eigenvalue weighted by molar-refractivity contribution is 7.92. The summed E-state index contributed by atoms with van der Waals surface area (Å²) < 4.78 is 33.7. The van der Waals surface area contributed by atoms with Gasteiger partial charge in [0.05, 0.1) is 7.11 Å². The molecule has 1 amide bonds. The number of carbonyl (C=O) groups excluding carboxylic acids is 1. The van der Waals surface area contributed by atoms with Gasteiger partial charge in [0.15, 0.2) is 0 Å². The van der Waals surface area contributed by atoms with Crippen LogP contribution >= 0.6 is 0 Å². The van der Waals surface area contributed by atoms with Crippen molar-refractivity contribution in [2.45, 2.75) is 24.7 Å². The predicted octanol–water partition coefficient (Wildman–Crippen LogP) is 4.34. The first-order valence-electron chi connectivity index (χ1n) is 9.91. The zero-order valence-corrected chi connectivity index (χ0v) is 18.6. The summed E-state index contributed by atoms with van der Waals surface area (Å²) in [6, 6.07) is 21.2. The van der Waals surface area contributed by atoms with Crippen molar-refractivity contribution in [3.63, 3.8) is 0 Å². The third-order valence-corrected chi connectivity index (χ3v) is 6.36. The molecule has 0 aliphatic rings. The van der Waals surface area contributed by atoms with E-state index in [0.717, 1.165) is 11.1 Å². The van der Waals surface area contributed by atoms with Gasteiger partial charge in [0.1, 0.15) is 10.6 Å². The van der Waals surface area contributed by atoms with Gasteiger partial charge < -0.3 is 10.1 Å². The third-order valence-electron chi connectivity index (χ3n) is 4.96. The van der Waals surface area contributed by atoms with Gasteiger partial charge >= 0.3 is 0 Å². The second-order valence-corrected chi connectivity index (χ2v) is 9.01. The fraction of sp³-hybridized carbons (Fsp3) is 0.208. The molecular formula is C24H26N2O4S. The molecule has 0 bridgehead atoms. The molecule has 0 radical (unpaired) electrons. The Hall–Kier alpha value is -3.32. The SMILES string of the molecule is COc1ccc(C(=O)NCC(C)c2ccccc2)cc1S(=O)(=O)Nc1ccc(C)cc1. The quantitative estimate of drug-likeness (QED) is 0.548. The Bertz CT molecular complexity index is 1140. The molecule has 0 aliphatic carbocycles. The molecule has 1 atom stereocenters. The molecular weight excluding hydrogens is 412 g/mol. The largest absolute Gasteiger partial charge is 0.495 e. The number of aryl methyl sites for hydroxylation is 1. The number of rotatable bonds is 8. The number of sulfonamides is 1. The van der Waals surface area contributed by atoms with Crippen LogP contribution in [0.2, 0.25) is 0 Å². The lowest BCUT2D eigenvalue weighted by Crippen LogP contribution is -2.27. The summed E-state index contributed by atoms with van der Waals surface area (Å²) in [4.78, 5) is 12.6. The molecule has 0 saturated heterocycles. The monoisotopic (exact) mass is 438 g/mol. The van der Waals surface area contributed by atoms with Crippen LogP contribution in [0.3, 0.4) is 0 Å². The van der Waals surface area contributed by atoms with Crippen LogP contribution in [0.5, 0.6) is 5.75 Å². The highest BCUT2D eigenvalue weighted by Gasteiger charge is 2.22. The first-order valence-corrected chi connectivity index (χ1v) is 11.4. The van der Waals surface area contributed by atoms with Gasteiger partial charge in [-0.2, -0.15) is 0 Å². The van der Waals surface area contributed by atoms with Crippen molar-refractivity contribution in [2.24, 2.45) is 0 Å². The lowest BCUT2D eigenvalue weighted by Gasteiger charge is -2.15. The number of amides is 1. The second kappa shape index (κ2) is 9.66. The van der Waals surface area contributed by atoms with E-state index in [1.54, 1.807) is 18.2 Å². The molecule has 3 aromatic carbocycles. The van der Waals surface area contributed by atoms with Crippen molar-refractivity contribution in [3.8, 4) is 5.75 Å². The fourth-order valence-electron chi connectivity index (χ4n) is 3.11.